The van der Waals surface area contributed by atoms with Crippen molar-refractivity contribution in [2.75, 3.05) is 6.54 Å². The number of ketones is 1. The molecule has 0 aromatic heterocycles. The molecular weight excluding hydrogens is 254 g/mol. The summed E-state index contributed by atoms with van der Waals surface area (Å²) in [5.74, 6) is 0.509. The predicted molar refractivity (Wildman–Crippen MR) is 77.0 cm³/mol. The van der Waals surface area contributed by atoms with Crippen molar-refractivity contribution in [3.8, 4) is 5.75 Å². The second-order valence-electron chi connectivity index (χ2n) is 4.89. The number of rotatable bonds is 5. The third kappa shape index (κ3) is 3.26. The molecule has 1 aromatic rings. The summed E-state index contributed by atoms with van der Waals surface area (Å²) in [6, 6.07) is 5.47. The molecule has 1 N–H and O–H groups in total. The molecule has 2 rings (SSSR count). The Hall–Kier alpha value is -2.10. The van der Waals surface area contributed by atoms with Crippen LogP contribution < -0.4 is 10.1 Å². The van der Waals surface area contributed by atoms with E-state index in [0.29, 0.717) is 18.7 Å². The summed E-state index contributed by atoms with van der Waals surface area (Å²) in [5.41, 5.74) is 1.80. The van der Waals surface area contributed by atoms with Gasteiger partial charge < -0.3 is 10.1 Å². The molecule has 0 bridgehead atoms. The van der Waals surface area contributed by atoms with Gasteiger partial charge in [-0.3, -0.25) is 9.59 Å². The Labute approximate surface area is 118 Å². The molecule has 1 unspecified atom stereocenters. The van der Waals surface area contributed by atoms with Gasteiger partial charge in [0.05, 0.1) is 0 Å². The summed E-state index contributed by atoms with van der Waals surface area (Å²) in [7, 11) is 0. The highest BCUT2D eigenvalue weighted by molar-refractivity contribution is 5.98. The molecular formula is C16H19NO3. The van der Waals surface area contributed by atoms with Crippen LogP contribution in [0.2, 0.25) is 0 Å². The van der Waals surface area contributed by atoms with E-state index >= 15 is 0 Å². The fourth-order valence-corrected chi connectivity index (χ4v) is 2.25. The van der Waals surface area contributed by atoms with Crippen LogP contribution in [0.25, 0.3) is 0 Å². The van der Waals surface area contributed by atoms with Crippen molar-refractivity contribution in [3.05, 3.63) is 42.0 Å². The number of carbonyl (C=O) groups excluding carboxylic acids is 2. The minimum atomic E-state index is -0.605. The SMILES string of the molecule is C=CCNC(=O)C(C)Oc1ccc2c(c1)C(=O)CCC2. The third-order valence-electron chi connectivity index (χ3n) is 3.33. The molecule has 4 nitrogen and oxygen atoms in total. The van der Waals surface area contributed by atoms with Gasteiger partial charge in [0.15, 0.2) is 11.9 Å². The zero-order valence-electron chi connectivity index (χ0n) is 11.6. The summed E-state index contributed by atoms with van der Waals surface area (Å²) in [6.07, 6.45) is 3.43. The molecule has 4 heteroatoms. The van der Waals surface area contributed by atoms with E-state index in [2.05, 4.69) is 11.9 Å². The Morgan fingerprint density at radius 1 is 1.50 bits per heavy atom. The zero-order valence-corrected chi connectivity index (χ0v) is 11.6. The monoisotopic (exact) mass is 273 g/mol. The molecule has 0 saturated carbocycles. The van der Waals surface area contributed by atoms with Crippen LogP contribution in [0.15, 0.2) is 30.9 Å². The summed E-state index contributed by atoms with van der Waals surface area (Å²) >= 11 is 0. The molecule has 0 fully saturated rings. The molecule has 0 saturated heterocycles. The van der Waals surface area contributed by atoms with Crippen molar-refractivity contribution in [1.82, 2.24) is 5.32 Å². The summed E-state index contributed by atoms with van der Waals surface area (Å²) < 4.78 is 5.59. The number of hydrogen-bond donors (Lipinski definition) is 1. The summed E-state index contributed by atoms with van der Waals surface area (Å²) in [4.78, 5) is 23.6. The van der Waals surface area contributed by atoms with Gasteiger partial charge in [-0.25, -0.2) is 0 Å². The van der Waals surface area contributed by atoms with Crippen LogP contribution in [-0.2, 0) is 11.2 Å². The molecule has 1 aliphatic rings. The molecule has 1 aromatic carbocycles. The molecule has 0 radical (unpaired) electrons. The van der Waals surface area contributed by atoms with Crippen LogP contribution in [0.5, 0.6) is 5.75 Å². The Morgan fingerprint density at radius 3 is 3.05 bits per heavy atom. The van der Waals surface area contributed by atoms with Crippen molar-refractivity contribution in [1.29, 1.82) is 0 Å². The quantitative estimate of drug-likeness (QED) is 0.837. The number of ether oxygens (including phenoxy) is 1. The summed E-state index contributed by atoms with van der Waals surface area (Å²) in [6.45, 7) is 5.63. The number of aryl methyl sites for hydroxylation is 1. The van der Waals surface area contributed by atoms with E-state index in [1.54, 1.807) is 19.1 Å². The lowest BCUT2D eigenvalue weighted by Gasteiger charge is -2.18. The maximum absolute atomic E-state index is 11.9. The van der Waals surface area contributed by atoms with Crippen LogP contribution in [0.3, 0.4) is 0 Å². The average molecular weight is 273 g/mol. The lowest BCUT2D eigenvalue weighted by Crippen LogP contribution is -2.36. The van der Waals surface area contributed by atoms with Crippen molar-refractivity contribution < 1.29 is 14.3 Å². The molecule has 1 atom stereocenters. The first kappa shape index (κ1) is 14.3. The van der Waals surface area contributed by atoms with Gasteiger partial charge in [-0.2, -0.15) is 0 Å². The van der Waals surface area contributed by atoms with Gasteiger partial charge in [-0.1, -0.05) is 12.1 Å². The molecule has 1 aliphatic carbocycles. The largest absolute Gasteiger partial charge is 0.481 e. The number of fused-ring (bicyclic) bond motifs is 1. The first-order chi connectivity index (χ1) is 9.61. The van der Waals surface area contributed by atoms with Gasteiger partial charge >= 0.3 is 0 Å². The van der Waals surface area contributed by atoms with Gasteiger partial charge in [-0.05, 0) is 37.5 Å². The highest BCUT2D eigenvalue weighted by Crippen LogP contribution is 2.25. The third-order valence-corrected chi connectivity index (χ3v) is 3.33. The first-order valence-electron chi connectivity index (χ1n) is 6.83. The predicted octanol–water partition coefficient (Wildman–Crippen LogP) is 2.28. The molecule has 1 amide bonds. The number of benzene rings is 1. The number of carbonyl (C=O) groups is 2. The topological polar surface area (TPSA) is 55.4 Å². The van der Waals surface area contributed by atoms with Crippen LogP contribution in [0, 0.1) is 0 Å². The fraction of sp³-hybridized carbons (Fsp3) is 0.375. The van der Waals surface area contributed by atoms with E-state index in [4.69, 9.17) is 4.74 Å². The fourth-order valence-electron chi connectivity index (χ4n) is 2.25. The number of amides is 1. The van der Waals surface area contributed by atoms with E-state index < -0.39 is 6.10 Å². The van der Waals surface area contributed by atoms with Crippen LogP contribution in [0.1, 0.15) is 35.7 Å². The first-order valence-corrected chi connectivity index (χ1v) is 6.83. The van der Waals surface area contributed by atoms with Crippen molar-refractivity contribution in [2.45, 2.75) is 32.3 Å². The van der Waals surface area contributed by atoms with Gasteiger partial charge in [-0.15, -0.1) is 6.58 Å². The lowest BCUT2D eigenvalue weighted by molar-refractivity contribution is -0.127. The minimum Gasteiger partial charge on any atom is -0.481 e. The molecule has 0 spiro atoms. The van der Waals surface area contributed by atoms with E-state index in [1.807, 2.05) is 12.1 Å². The highest BCUT2D eigenvalue weighted by Gasteiger charge is 2.19. The maximum atomic E-state index is 11.9. The highest BCUT2D eigenvalue weighted by atomic mass is 16.5. The van der Waals surface area contributed by atoms with Crippen molar-refractivity contribution >= 4 is 11.7 Å². The Balaban J connectivity index is 2.06. The van der Waals surface area contributed by atoms with Crippen LogP contribution in [0.4, 0.5) is 0 Å². The van der Waals surface area contributed by atoms with Crippen molar-refractivity contribution in [3.63, 3.8) is 0 Å². The summed E-state index contributed by atoms with van der Waals surface area (Å²) in [5, 5.41) is 2.67. The van der Waals surface area contributed by atoms with E-state index in [9.17, 15) is 9.59 Å². The standard InChI is InChI=1S/C16H19NO3/c1-3-9-17-16(19)11(2)20-13-8-7-12-5-4-6-15(18)14(12)10-13/h3,7-8,10-11H,1,4-6,9H2,2H3,(H,17,19). The van der Waals surface area contributed by atoms with Crippen molar-refractivity contribution in [2.24, 2.45) is 0 Å². The van der Waals surface area contributed by atoms with Gasteiger partial charge in [0.25, 0.3) is 5.91 Å². The average Bonchev–Trinajstić information content (AvgIpc) is 2.45. The Morgan fingerprint density at radius 2 is 2.30 bits per heavy atom. The van der Waals surface area contributed by atoms with Crippen LogP contribution in [-0.4, -0.2) is 24.3 Å². The minimum absolute atomic E-state index is 0.153. The maximum Gasteiger partial charge on any atom is 0.261 e. The second kappa shape index (κ2) is 6.37. The van der Waals surface area contributed by atoms with Crippen LogP contribution >= 0.6 is 0 Å². The molecule has 0 aliphatic heterocycles. The van der Waals surface area contributed by atoms with E-state index in [-0.39, 0.29) is 11.7 Å². The Kier molecular flexibility index (Phi) is 4.56. The smallest absolute Gasteiger partial charge is 0.261 e. The lowest BCUT2D eigenvalue weighted by atomic mass is 9.90. The number of Topliss-reactive ketones (excluding diaryl/α,β-unsaturated/α-hetero) is 1. The normalized spacial score (nSPS) is 15.2. The molecule has 106 valence electrons. The zero-order chi connectivity index (χ0) is 14.5. The second-order valence-corrected chi connectivity index (χ2v) is 4.89. The molecule has 0 heterocycles. The number of nitrogens with one attached hydrogen (secondary N) is 1. The Bertz CT molecular complexity index is 537. The van der Waals surface area contributed by atoms with Gasteiger partial charge in [0, 0.05) is 18.5 Å². The van der Waals surface area contributed by atoms with E-state index in [1.165, 1.54) is 0 Å². The van der Waals surface area contributed by atoms with Gasteiger partial charge in [0.1, 0.15) is 5.75 Å². The van der Waals surface area contributed by atoms with Gasteiger partial charge in [0.2, 0.25) is 0 Å². The van der Waals surface area contributed by atoms with E-state index in [0.717, 1.165) is 24.0 Å². The molecule has 20 heavy (non-hydrogen) atoms. The number of hydrogen-bond acceptors (Lipinski definition) is 3.